The molecule has 9 heteroatoms. The predicted octanol–water partition coefficient (Wildman–Crippen LogP) is 1.70. The normalized spacial score (nSPS) is 10.9. The maximum atomic E-state index is 12.4. The van der Waals surface area contributed by atoms with E-state index in [2.05, 4.69) is 14.8 Å². The van der Waals surface area contributed by atoms with E-state index in [4.69, 9.17) is 0 Å². The molecule has 1 amide bonds. The fraction of sp³-hybridized carbons (Fsp3) is 0.143. The fourth-order valence-corrected chi connectivity index (χ4v) is 4.19. The van der Waals surface area contributed by atoms with Gasteiger partial charge >= 0.3 is 5.97 Å². The first-order chi connectivity index (χ1) is 10.9. The van der Waals surface area contributed by atoms with Crippen LogP contribution in [0, 0.1) is 0 Å². The Kier molecular flexibility index (Phi) is 5.02. The van der Waals surface area contributed by atoms with Crippen molar-refractivity contribution in [3.8, 4) is 0 Å². The second-order valence-electron chi connectivity index (χ2n) is 4.37. The first-order valence-electron chi connectivity index (χ1n) is 6.40. The van der Waals surface area contributed by atoms with E-state index in [1.807, 2.05) is 0 Å². The molecule has 0 aliphatic carbocycles. The standard InChI is InChI=1S/C14H14N2O5S2/c1-15-13(17)9-3-5-10(6-4-9)16-23(19,20)11-7-8-22-12(11)14(18)21-2/h3-8,16H,1-2H3,(H,15,17). The number of ether oxygens (including phenoxy) is 1. The number of esters is 1. The molecule has 0 saturated carbocycles. The Labute approximate surface area is 137 Å². The molecule has 122 valence electrons. The van der Waals surface area contributed by atoms with E-state index in [0.29, 0.717) is 5.56 Å². The SMILES string of the molecule is CNC(=O)c1ccc(NS(=O)(=O)c2ccsc2C(=O)OC)cc1. The van der Waals surface area contributed by atoms with Gasteiger partial charge in [-0.25, -0.2) is 13.2 Å². The van der Waals surface area contributed by atoms with Gasteiger partial charge in [-0.15, -0.1) is 11.3 Å². The Morgan fingerprint density at radius 1 is 1.13 bits per heavy atom. The summed E-state index contributed by atoms with van der Waals surface area (Å²) in [5.74, 6) is -0.986. The van der Waals surface area contributed by atoms with Crippen LogP contribution in [-0.4, -0.2) is 34.5 Å². The monoisotopic (exact) mass is 354 g/mol. The minimum absolute atomic E-state index is 0.00183. The van der Waals surface area contributed by atoms with E-state index in [-0.39, 0.29) is 21.4 Å². The van der Waals surface area contributed by atoms with Gasteiger partial charge in [0.1, 0.15) is 9.77 Å². The summed E-state index contributed by atoms with van der Waals surface area (Å²) in [6, 6.07) is 7.24. The molecule has 0 spiro atoms. The van der Waals surface area contributed by atoms with Gasteiger partial charge < -0.3 is 10.1 Å². The van der Waals surface area contributed by atoms with Gasteiger partial charge in [0.25, 0.3) is 15.9 Å². The second-order valence-corrected chi connectivity index (χ2v) is 6.93. The zero-order chi connectivity index (χ0) is 17.0. The number of benzene rings is 1. The summed E-state index contributed by atoms with van der Waals surface area (Å²) in [5.41, 5.74) is 0.681. The lowest BCUT2D eigenvalue weighted by Gasteiger charge is -2.09. The van der Waals surface area contributed by atoms with Gasteiger partial charge in [-0.3, -0.25) is 9.52 Å². The van der Waals surface area contributed by atoms with Gasteiger partial charge in [-0.2, -0.15) is 0 Å². The van der Waals surface area contributed by atoms with Crippen LogP contribution in [0.2, 0.25) is 0 Å². The summed E-state index contributed by atoms with van der Waals surface area (Å²) in [6.07, 6.45) is 0. The van der Waals surface area contributed by atoms with E-state index < -0.39 is 16.0 Å². The number of nitrogens with one attached hydrogen (secondary N) is 2. The lowest BCUT2D eigenvalue weighted by atomic mass is 10.2. The van der Waals surface area contributed by atoms with Crippen LogP contribution in [0.1, 0.15) is 20.0 Å². The zero-order valence-corrected chi connectivity index (χ0v) is 14.0. The van der Waals surface area contributed by atoms with Crippen molar-refractivity contribution < 1.29 is 22.7 Å². The third-order valence-electron chi connectivity index (χ3n) is 2.92. The molecule has 0 atom stereocenters. The molecule has 0 saturated heterocycles. The third-order valence-corrected chi connectivity index (χ3v) is 5.36. The van der Waals surface area contributed by atoms with Crippen LogP contribution in [-0.2, 0) is 14.8 Å². The molecule has 0 fully saturated rings. The van der Waals surface area contributed by atoms with Gasteiger partial charge in [-0.05, 0) is 35.7 Å². The van der Waals surface area contributed by atoms with Crippen LogP contribution in [0.4, 0.5) is 5.69 Å². The zero-order valence-electron chi connectivity index (χ0n) is 12.3. The van der Waals surface area contributed by atoms with Crippen LogP contribution < -0.4 is 10.0 Å². The molecule has 7 nitrogen and oxygen atoms in total. The van der Waals surface area contributed by atoms with E-state index in [0.717, 1.165) is 11.3 Å². The Hall–Kier alpha value is -2.39. The summed E-state index contributed by atoms with van der Waals surface area (Å²) in [7, 11) is -1.25. The van der Waals surface area contributed by atoms with E-state index in [9.17, 15) is 18.0 Å². The fourth-order valence-electron chi connectivity index (χ4n) is 1.79. The predicted molar refractivity (Wildman–Crippen MR) is 86.3 cm³/mol. The summed E-state index contributed by atoms with van der Waals surface area (Å²) in [4.78, 5) is 22.9. The summed E-state index contributed by atoms with van der Waals surface area (Å²) >= 11 is 0.982. The van der Waals surface area contributed by atoms with Crippen molar-refractivity contribution in [2.75, 3.05) is 18.9 Å². The van der Waals surface area contributed by atoms with Crippen LogP contribution in [0.3, 0.4) is 0 Å². The van der Waals surface area contributed by atoms with Crippen molar-refractivity contribution >= 4 is 38.9 Å². The molecule has 2 rings (SSSR count). The van der Waals surface area contributed by atoms with Crippen molar-refractivity contribution in [3.05, 3.63) is 46.2 Å². The Balaban J connectivity index is 2.27. The number of sulfonamides is 1. The molecular weight excluding hydrogens is 340 g/mol. The Morgan fingerprint density at radius 2 is 1.78 bits per heavy atom. The first kappa shape index (κ1) is 17.0. The molecule has 0 radical (unpaired) electrons. The molecule has 0 bridgehead atoms. The van der Waals surface area contributed by atoms with Crippen LogP contribution in [0.5, 0.6) is 0 Å². The highest BCUT2D eigenvalue weighted by Crippen LogP contribution is 2.25. The first-order valence-corrected chi connectivity index (χ1v) is 8.76. The van der Waals surface area contributed by atoms with Gasteiger partial charge in [0.05, 0.1) is 7.11 Å². The molecule has 1 aromatic heterocycles. The smallest absolute Gasteiger partial charge is 0.349 e. The van der Waals surface area contributed by atoms with E-state index >= 15 is 0 Å². The van der Waals surface area contributed by atoms with Crippen molar-refractivity contribution in [2.24, 2.45) is 0 Å². The minimum Gasteiger partial charge on any atom is -0.465 e. The molecule has 0 aliphatic heterocycles. The van der Waals surface area contributed by atoms with Gasteiger partial charge in [-0.1, -0.05) is 0 Å². The van der Waals surface area contributed by atoms with Gasteiger partial charge in [0.15, 0.2) is 0 Å². The number of hydrogen-bond acceptors (Lipinski definition) is 6. The maximum absolute atomic E-state index is 12.4. The number of amides is 1. The van der Waals surface area contributed by atoms with Gasteiger partial charge in [0, 0.05) is 18.3 Å². The molecule has 23 heavy (non-hydrogen) atoms. The van der Waals surface area contributed by atoms with Gasteiger partial charge in [0.2, 0.25) is 0 Å². The number of hydrogen-bond donors (Lipinski definition) is 2. The highest BCUT2D eigenvalue weighted by atomic mass is 32.2. The van der Waals surface area contributed by atoms with Crippen LogP contribution in [0.15, 0.2) is 40.6 Å². The topological polar surface area (TPSA) is 102 Å². The maximum Gasteiger partial charge on any atom is 0.349 e. The summed E-state index contributed by atoms with van der Waals surface area (Å²) in [5, 5.41) is 3.97. The van der Waals surface area contributed by atoms with Crippen LogP contribution in [0.25, 0.3) is 0 Å². The highest BCUT2D eigenvalue weighted by molar-refractivity contribution is 7.93. The number of anilines is 1. The number of carbonyl (C=O) groups excluding carboxylic acids is 2. The Morgan fingerprint density at radius 3 is 2.35 bits per heavy atom. The molecule has 2 aromatic rings. The lowest BCUT2D eigenvalue weighted by Crippen LogP contribution is -2.18. The second kappa shape index (κ2) is 6.80. The van der Waals surface area contributed by atoms with Crippen molar-refractivity contribution in [1.82, 2.24) is 5.32 Å². The molecule has 1 aromatic carbocycles. The van der Waals surface area contributed by atoms with Crippen LogP contribution >= 0.6 is 11.3 Å². The average Bonchev–Trinajstić information content (AvgIpc) is 3.04. The molecular formula is C14H14N2O5S2. The largest absolute Gasteiger partial charge is 0.465 e. The number of rotatable bonds is 5. The van der Waals surface area contributed by atoms with Crippen molar-refractivity contribution in [3.63, 3.8) is 0 Å². The number of thiophene rings is 1. The minimum atomic E-state index is -3.94. The summed E-state index contributed by atoms with van der Waals surface area (Å²) in [6.45, 7) is 0. The number of methoxy groups -OCH3 is 1. The van der Waals surface area contributed by atoms with E-state index in [1.165, 1.54) is 49.9 Å². The lowest BCUT2D eigenvalue weighted by molar-refractivity contribution is 0.0602. The number of carbonyl (C=O) groups is 2. The van der Waals surface area contributed by atoms with Crippen molar-refractivity contribution in [2.45, 2.75) is 4.90 Å². The summed E-state index contributed by atoms with van der Waals surface area (Å²) < 4.78 is 31.7. The van der Waals surface area contributed by atoms with Crippen molar-refractivity contribution in [1.29, 1.82) is 0 Å². The Bertz CT molecular complexity index is 825. The average molecular weight is 354 g/mol. The molecule has 0 aliphatic rings. The molecule has 1 heterocycles. The van der Waals surface area contributed by atoms with E-state index in [1.54, 1.807) is 0 Å². The highest BCUT2D eigenvalue weighted by Gasteiger charge is 2.24. The molecule has 2 N–H and O–H groups in total. The molecule has 0 unspecified atom stereocenters. The third kappa shape index (κ3) is 3.69. The quantitative estimate of drug-likeness (QED) is 0.796.